The Bertz CT molecular complexity index is 350. The van der Waals surface area contributed by atoms with Crippen LogP contribution >= 0.6 is 0 Å². The highest BCUT2D eigenvalue weighted by Crippen LogP contribution is 2.32. The maximum atomic E-state index is 11.8. The Kier molecular flexibility index (Phi) is 6.02. The summed E-state index contributed by atoms with van der Waals surface area (Å²) >= 11 is 0. The molecule has 2 aliphatic rings. The van der Waals surface area contributed by atoms with Gasteiger partial charge >= 0.3 is 5.97 Å². The Labute approximate surface area is 128 Å². The van der Waals surface area contributed by atoms with Gasteiger partial charge in [-0.1, -0.05) is 6.92 Å². The molecule has 1 aliphatic carbocycles. The summed E-state index contributed by atoms with van der Waals surface area (Å²) in [6.45, 7) is 7.74. The highest BCUT2D eigenvalue weighted by molar-refractivity contribution is 5.79. The van der Waals surface area contributed by atoms with Gasteiger partial charge in [-0.05, 0) is 52.0 Å². The van der Waals surface area contributed by atoms with Crippen LogP contribution in [0.15, 0.2) is 0 Å². The van der Waals surface area contributed by atoms with Gasteiger partial charge in [-0.3, -0.25) is 9.69 Å². The Morgan fingerprint density at radius 1 is 1.48 bits per heavy atom. The van der Waals surface area contributed by atoms with Gasteiger partial charge in [0.25, 0.3) is 0 Å². The van der Waals surface area contributed by atoms with E-state index in [1.54, 1.807) is 0 Å². The third-order valence-electron chi connectivity index (χ3n) is 4.85. The molecule has 2 fully saturated rings. The topological polar surface area (TPSA) is 61.8 Å². The summed E-state index contributed by atoms with van der Waals surface area (Å²) in [4.78, 5) is 14.3. The van der Waals surface area contributed by atoms with E-state index in [0.717, 1.165) is 64.8 Å². The molecule has 0 amide bonds. The Balaban J connectivity index is 2.05. The molecule has 0 spiro atoms. The zero-order valence-electron chi connectivity index (χ0n) is 13.4. The van der Waals surface area contributed by atoms with Crippen molar-refractivity contribution in [2.75, 3.05) is 26.2 Å². The van der Waals surface area contributed by atoms with Crippen molar-refractivity contribution in [3.8, 4) is 0 Å². The van der Waals surface area contributed by atoms with Crippen LogP contribution < -0.4 is 5.32 Å². The highest BCUT2D eigenvalue weighted by Gasteiger charge is 2.44. The Hall–Kier alpha value is -0.650. The fourth-order valence-corrected chi connectivity index (χ4v) is 3.71. The molecule has 1 saturated carbocycles. The van der Waals surface area contributed by atoms with Crippen LogP contribution in [0.25, 0.3) is 0 Å². The lowest BCUT2D eigenvalue weighted by Gasteiger charge is -2.43. The third kappa shape index (κ3) is 4.18. The monoisotopic (exact) mass is 298 g/mol. The van der Waals surface area contributed by atoms with Gasteiger partial charge in [0.2, 0.25) is 0 Å². The van der Waals surface area contributed by atoms with Crippen LogP contribution in [0.3, 0.4) is 0 Å². The number of hydrogen-bond acceptors (Lipinski definition) is 4. The van der Waals surface area contributed by atoms with E-state index >= 15 is 0 Å². The summed E-state index contributed by atoms with van der Waals surface area (Å²) < 4.78 is 5.71. The van der Waals surface area contributed by atoms with Crippen molar-refractivity contribution in [2.24, 2.45) is 0 Å². The second-order valence-electron chi connectivity index (χ2n) is 6.59. The first kappa shape index (κ1) is 16.7. The van der Waals surface area contributed by atoms with Crippen LogP contribution in [-0.4, -0.2) is 59.9 Å². The predicted octanol–water partition coefficient (Wildman–Crippen LogP) is 1.86. The number of hydrogen-bond donors (Lipinski definition) is 2. The van der Waals surface area contributed by atoms with Crippen molar-refractivity contribution in [3.05, 3.63) is 0 Å². The fraction of sp³-hybridized carbons (Fsp3) is 0.938. The zero-order chi connectivity index (χ0) is 15.3. The molecule has 0 aromatic carbocycles. The maximum Gasteiger partial charge on any atom is 0.323 e. The quantitative estimate of drug-likeness (QED) is 0.811. The minimum atomic E-state index is -0.727. The van der Waals surface area contributed by atoms with Gasteiger partial charge in [0.1, 0.15) is 5.54 Å². The van der Waals surface area contributed by atoms with Crippen molar-refractivity contribution in [1.82, 2.24) is 10.2 Å². The number of carboxylic acid groups (broad SMARTS) is 1. The molecule has 0 bridgehead atoms. The zero-order valence-corrected chi connectivity index (χ0v) is 13.4. The first-order chi connectivity index (χ1) is 10.1. The number of nitrogens with zero attached hydrogens (tertiary/aromatic N) is 1. The molecule has 1 aliphatic heterocycles. The average Bonchev–Trinajstić information content (AvgIpc) is 2.70. The summed E-state index contributed by atoms with van der Waals surface area (Å²) in [6, 6.07) is 0.364. The van der Waals surface area contributed by atoms with Crippen molar-refractivity contribution < 1.29 is 14.6 Å². The van der Waals surface area contributed by atoms with E-state index in [0.29, 0.717) is 6.04 Å². The van der Waals surface area contributed by atoms with Crippen molar-refractivity contribution in [3.63, 3.8) is 0 Å². The molecule has 3 atom stereocenters. The van der Waals surface area contributed by atoms with Crippen LogP contribution in [0.1, 0.15) is 52.4 Å². The molecule has 2 rings (SSSR count). The van der Waals surface area contributed by atoms with Gasteiger partial charge in [-0.15, -0.1) is 0 Å². The van der Waals surface area contributed by atoms with Crippen molar-refractivity contribution >= 4 is 5.97 Å². The number of rotatable bonds is 5. The first-order valence-corrected chi connectivity index (χ1v) is 8.41. The van der Waals surface area contributed by atoms with Crippen molar-refractivity contribution in [1.29, 1.82) is 0 Å². The van der Waals surface area contributed by atoms with E-state index < -0.39 is 11.5 Å². The summed E-state index contributed by atoms with van der Waals surface area (Å²) in [5.41, 5.74) is -0.727. The molecule has 3 unspecified atom stereocenters. The summed E-state index contributed by atoms with van der Waals surface area (Å²) in [5.74, 6) is -0.681. The lowest BCUT2D eigenvalue weighted by Crippen LogP contribution is -2.58. The second-order valence-corrected chi connectivity index (χ2v) is 6.59. The standard InChI is InChI=1S/C16H30N2O3/c1-3-8-17-16(15(19)20)7-4-6-14(11-16)18-9-5-10-21-13(2)12-18/h13-14,17H,3-12H2,1-2H3,(H,19,20). The van der Waals surface area contributed by atoms with Gasteiger partial charge in [0, 0.05) is 25.7 Å². The third-order valence-corrected chi connectivity index (χ3v) is 4.85. The molecular formula is C16H30N2O3. The number of carbonyl (C=O) groups is 1. The molecule has 1 heterocycles. The van der Waals surface area contributed by atoms with E-state index in [4.69, 9.17) is 4.74 Å². The van der Waals surface area contributed by atoms with Gasteiger partial charge in [-0.2, -0.15) is 0 Å². The number of ether oxygens (including phenoxy) is 1. The molecule has 5 heteroatoms. The van der Waals surface area contributed by atoms with E-state index in [2.05, 4.69) is 24.1 Å². The molecule has 2 N–H and O–H groups in total. The Morgan fingerprint density at radius 2 is 2.29 bits per heavy atom. The minimum absolute atomic E-state index is 0.247. The van der Waals surface area contributed by atoms with E-state index in [9.17, 15) is 9.90 Å². The number of aliphatic carboxylic acids is 1. The van der Waals surface area contributed by atoms with Crippen molar-refractivity contribution in [2.45, 2.75) is 70.1 Å². The number of carboxylic acids is 1. The molecule has 0 radical (unpaired) electrons. The highest BCUT2D eigenvalue weighted by atomic mass is 16.5. The lowest BCUT2D eigenvalue weighted by molar-refractivity contribution is -0.147. The predicted molar refractivity (Wildman–Crippen MR) is 82.5 cm³/mol. The molecule has 0 aromatic heterocycles. The van der Waals surface area contributed by atoms with Gasteiger partial charge in [0.05, 0.1) is 6.10 Å². The summed E-state index contributed by atoms with van der Waals surface area (Å²) in [5, 5.41) is 13.1. The minimum Gasteiger partial charge on any atom is -0.480 e. The fourth-order valence-electron chi connectivity index (χ4n) is 3.71. The summed E-state index contributed by atoms with van der Waals surface area (Å²) in [6.07, 6.45) is 5.82. The average molecular weight is 298 g/mol. The van der Waals surface area contributed by atoms with Crippen LogP contribution in [0.2, 0.25) is 0 Å². The van der Waals surface area contributed by atoms with Crippen LogP contribution in [-0.2, 0) is 9.53 Å². The SMILES string of the molecule is CCCNC1(C(=O)O)CCCC(N2CCCOC(C)C2)C1. The molecule has 5 nitrogen and oxygen atoms in total. The first-order valence-electron chi connectivity index (χ1n) is 8.41. The number of nitrogens with one attached hydrogen (secondary N) is 1. The van der Waals surface area contributed by atoms with E-state index in [-0.39, 0.29) is 6.10 Å². The smallest absolute Gasteiger partial charge is 0.323 e. The molecule has 122 valence electrons. The van der Waals surface area contributed by atoms with E-state index in [1.165, 1.54) is 0 Å². The van der Waals surface area contributed by atoms with Crippen LogP contribution in [0.5, 0.6) is 0 Å². The maximum absolute atomic E-state index is 11.8. The van der Waals surface area contributed by atoms with Crippen LogP contribution in [0.4, 0.5) is 0 Å². The second kappa shape index (κ2) is 7.56. The van der Waals surface area contributed by atoms with Gasteiger partial charge < -0.3 is 15.2 Å². The molecule has 0 aromatic rings. The Morgan fingerprint density at radius 3 is 3.00 bits per heavy atom. The normalized spacial score (nSPS) is 35.3. The van der Waals surface area contributed by atoms with Crippen LogP contribution in [0, 0.1) is 0 Å². The van der Waals surface area contributed by atoms with Gasteiger partial charge in [0.15, 0.2) is 0 Å². The molecule has 1 saturated heterocycles. The largest absolute Gasteiger partial charge is 0.480 e. The van der Waals surface area contributed by atoms with E-state index in [1.807, 2.05) is 0 Å². The molecule has 21 heavy (non-hydrogen) atoms. The lowest BCUT2D eigenvalue weighted by atomic mass is 9.78. The molecular weight excluding hydrogens is 268 g/mol. The van der Waals surface area contributed by atoms with Gasteiger partial charge in [-0.25, -0.2) is 0 Å². The summed E-state index contributed by atoms with van der Waals surface area (Å²) in [7, 11) is 0.